The predicted molar refractivity (Wildman–Crippen MR) is 149 cm³/mol. The molecule has 1 aliphatic heterocycles. The SMILES string of the molecule is CCOC(=O)C1=C(C)N=c2s/c(=C/c3ccc(-c4ccc(C)cc4[N+](=O)[O-])o3)c(=O)n2[C@H]1c1ccc(OC)cc1. The Hall–Kier alpha value is -4.77. The number of ether oxygens (including phenoxy) is 2. The topological polar surface area (TPSA) is 126 Å². The van der Waals surface area contributed by atoms with E-state index in [1.807, 2.05) is 0 Å². The van der Waals surface area contributed by atoms with Crippen molar-refractivity contribution in [1.82, 2.24) is 4.57 Å². The van der Waals surface area contributed by atoms with E-state index in [9.17, 15) is 19.7 Å². The molecule has 0 bridgehead atoms. The molecule has 1 atom stereocenters. The molecule has 1 aliphatic rings. The average Bonchev–Trinajstić information content (AvgIpc) is 3.52. The van der Waals surface area contributed by atoms with E-state index in [1.165, 1.54) is 10.6 Å². The van der Waals surface area contributed by atoms with Gasteiger partial charge in [-0.15, -0.1) is 0 Å². The van der Waals surface area contributed by atoms with Crippen LogP contribution in [0.25, 0.3) is 17.4 Å². The number of hydrogen-bond acceptors (Lipinski definition) is 9. The van der Waals surface area contributed by atoms with Crippen LogP contribution in [0.1, 0.15) is 36.8 Å². The van der Waals surface area contributed by atoms with Gasteiger partial charge in [0.2, 0.25) is 0 Å². The molecule has 0 N–H and O–H groups in total. The lowest BCUT2D eigenvalue weighted by Gasteiger charge is -2.24. The zero-order valence-electron chi connectivity index (χ0n) is 22.2. The lowest BCUT2D eigenvalue weighted by atomic mass is 9.96. The van der Waals surface area contributed by atoms with Crippen molar-refractivity contribution in [2.45, 2.75) is 26.8 Å². The van der Waals surface area contributed by atoms with Crippen LogP contribution in [0.4, 0.5) is 5.69 Å². The van der Waals surface area contributed by atoms with Crippen molar-refractivity contribution < 1.29 is 23.6 Å². The van der Waals surface area contributed by atoms with Crippen LogP contribution in [-0.2, 0) is 9.53 Å². The van der Waals surface area contributed by atoms with Crippen molar-refractivity contribution in [3.8, 4) is 17.1 Å². The van der Waals surface area contributed by atoms with Crippen molar-refractivity contribution >= 4 is 29.1 Å². The van der Waals surface area contributed by atoms with E-state index in [1.54, 1.807) is 82.5 Å². The van der Waals surface area contributed by atoms with Crippen molar-refractivity contribution in [3.63, 3.8) is 0 Å². The number of hydrogen-bond donors (Lipinski definition) is 0. The number of methoxy groups -OCH3 is 1. The standard InChI is InChI=1S/C29H25N3O7S/c1-5-38-28(34)25-17(3)30-29-31(26(25)18-7-9-19(37-4)10-8-18)27(33)24(40-29)15-20-11-13-23(39-20)21-12-6-16(2)14-22(21)32(35)36/h6-15,26H,5H2,1-4H3/b24-15+/t26-/m0/s1. The monoisotopic (exact) mass is 559 g/mol. The Morgan fingerprint density at radius 2 is 1.93 bits per heavy atom. The summed E-state index contributed by atoms with van der Waals surface area (Å²) in [5.41, 5.74) is 2.09. The minimum atomic E-state index is -0.759. The molecule has 4 aromatic rings. The molecule has 0 aliphatic carbocycles. The van der Waals surface area contributed by atoms with Gasteiger partial charge in [0.15, 0.2) is 4.80 Å². The number of fused-ring (bicyclic) bond motifs is 1. The molecule has 0 saturated heterocycles. The third-order valence-corrected chi connectivity index (χ3v) is 7.45. The van der Waals surface area contributed by atoms with Crippen LogP contribution < -0.4 is 19.6 Å². The molecule has 11 heteroatoms. The number of allylic oxidation sites excluding steroid dienone is 1. The number of carbonyl (C=O) groups is 1. The van der Waals surface area contributed by atoms with E-state index in [4.69, 9.17) is 13.9 Å². The Labute approximate surface area is 232 Å². The van der Waals surface area contributed by atoms with Gasteiger partial charge >= 0.3 is 5.97 Å². The largest absolute Gasteiger partial charge is 0.497 e. The zero-order chi connectivity index (χ0) is 28.6. The number of nitro groups is 1. The fraction of sp³-hybridized carbons (Fsp3) is 0.207. The Kier molecular flexibility index (Phi) is 7.22. The molecule has 10 nitrogen and oxygen atoms in total. The lowest BCUT2D eigenvalue weighted by molar-refractivity contribution is -0.384. The second kappa shape index (κ2) is 10.8. The summed E-state index contributed by atoms with van der Waals surface area (Å²) in [5.74, 6) is 0.742. The number of aromatic nitrogens is 1. The van der Waals surface area contributed by atoms with Gasteiger partial charge in [-0.25, -0.2) is 9.79 Å². The number of thiazole rings is 1. The highest BCUT2D eigenvalue weighted by molar-refractivity contribution is 7.07. The number of nitro benzene ring substituents is 1. The normalized spacial score (nSPS) is 15.0. The fourth-order valence-electron chi connectivity index (χ4n) is 4.60. The molecular weight excluding hydrogens is 534 g/mol. The second-order valence-electron chi connectivity index (χ2n) is 9.06. The van der Waals surface area contributed by atoms with Crippen LogP contribution in [0, 0.1) is 17.0 Å². The van der Waals surface area contributed by atoms with Crippen LogP contribution in [0.3, 0.4) is 0 Å². The van der Waals surface area contributed by atoms with Gasteiger partial charge in [0.05, 0.1) is 46.0 Å². The minimum Gasteiger partial charge on any atom is -0.497 e. The number of esters is 1. The molecule has 0 saturated carbocycles. The number of carbonyl (C=O) groups excluding carboxylic acids is 1. The Morgan fingerprint density at radius 1 is 1.18 bits per heavy atom. The van der Waals surface area contributed by atoms with Gasteiger partial charge in [-0.2, -0.15) is 0 Å². The van der Waals surface area contributed by atoms with Gasteiger partial charge in [0.1, 0.15) is 17.3 Å². The van der Waals surface area contributed by atoms with Gasteiger partial charge in [0, 0.05) is 12.1 Å². The van der Waals surface area contributed by atoms with Crippen molar-refractivity contribution in [1.29, 1.82) is 0 Å². The summed E-state index contributed by atoms with van der Waals surface area (Å²) < 4.78 is 18.3. The fourth-order valence-corrected chi connectivity index (χ4v) is 5.63. The molecule has 0 fully saturated rings. The molecule has 2 aromatic heterocycles. The first-order chi connectivity index (χ1) is 19.2. The van der Waals surface area contributed by atoms with Crippen LogP contribution in [-0.4, -0.2) is 29.2 Å². The highest BCUT2D eigenvalue weighted by Crippen LogP contribution is 2.33. The molecule has 0 unspecified atom stereocenters. The molecule has 3 heterocycles. The molecule has 40 heavy (non-hydrogen) atoms. The van der Waals surface area contributed by atoms with Gasteiger partial charge in [-0.1, -0.05) is 29.5 Å². The molecule has 204 valence electrons. The Bertz CT molecular complexity index is 1850. The van der Waals surface area contributed by atoms with Crippen molar-refractivity contribution in [3.05, 3.63) is 113 Å². The smallest absolute Gasteiger partial charge is 0.338 e. The van der Waals surface area contributed by atoms with E-state index in [0.29, 0.717) is 43.4 Å². The molecule has 2 aromatic carbocycles. The number of nitrogens with zero attached hydrogens (tertiary/aromatic N) is 3. The Balaban J connectivity index is 1.63. The van der Waals surface area contributed by atoms with Crippen LogP contribution in [0.2, 0.25) is 0 Å². The first-order valence-corrected chi connectivity index (χ1v) is 13.2. The maximum atomic E-state index is 13.8. The van der Waals surface area contributed by atoms with Crippen molar-refractivity contribution in [2.24, 2.45) is 4.99 Å². The maximum Gasteiger partial charge on any atom is 0.338 e. The average molecular weight is 560 g/mol. The lowest BCUT2D eigenvalue weighted by Crippen LogP contribution is -2.39. The molecule has 0 spiro atoms. The first-order valence-electron chi connectivity index (χ1n) is 12.4. The molecule has 0 radical (unpaired) electrons. The first kappa shape index (κ1) is 26.8. The molecular formula is C29H25N3O7S. The number of rotatable bonds is 7. The van der Waals surface area contributed by atoms with E-state index >= 15 is 0 Å². The summed E-state index contributed by atoms with van der Waals surface area (Å²) in [6.07, 6.45) is 1.57. The van der Waals surface area contributed by atoms with E-state index in [-0.39, 0.29) is 23.4 Å². The summed E-state index contributed by atoms with van der Waals surface area (Å²) >= 11 is 1.16. The second-order valence-corrected chi connectivity index (χ2v) is 10.1. The van der Waals surface area contributed by atoms with Gasteiger partial charge < -0.3 is 13.9 Å². The summed E-state index contributed by atoms with van der Waals surface area (Å²) in [7, 11) is 1.56. The van der Waals surface area contributed by atoms with Gasteiger partial charge in [0.25, 0.3) is 11.2 Å². The highest BCUT2D eigenvalue weighted by Gasteiger charge is 2.33. The number of benzene rings is 2. The summed E-state index contributed by atoms with van der Waals surface area (Å²) in [6, 6.07) is 14.5. The van der Waals surface area contributed by atoms with Crippen molar-refractivity contribution in [2.75, 3.05) is 13.7 Å². The predicted octanol–water partition coefficient (Wildman–Crippen LogP) is 4.28. The summed E-state index contributed by atoms with van der Waals surface area (Å²) in [4.78, 5) is 42.9. The van der Waals surface area contributed by atoms with E-state index < -0.39 is 16.9 Å². The van der Waals surface area contributed by atoms with Gasteiger partial charge in [-0.3, -0.25) is 19.5 Å². The molecule has 5 rings (SSSR count). The maximum absolute atomic E-state index is 13.8. The van der Waals surface area contributed by atoms with Crippen LogP contribution >= 0.6 is 11.3 Å². The number of furan rings is 1. The minimum absolute atomic E-state index is 0.0678. The number of aryl methyl sites for hydroxylation is 1. The van der Waals surface area contributed by atoms with E-state index in [0.717, 1.165) is 16.9 Å². The quantitative estimate of drug-likeness (QED) is 0.188. The van der Waals surface area contributed by atoms with Gasteiger partial charge in [-0.05, 0) is 62.2 Å². The highest BCUT2D eigenvalue weighted by atomic mass is 32.1. The third kappa shape index (κ3) is 4.87. The van der Waals surface area contributed by atoms with Crippen LogP contribution in [0.5, 0.6) is 5.75 Å². The summed E-state index contributed by atoms with van der Waals surface area (Å²) in [6.45, 7) is 5.38. The zero-order valence-corrected chi connectivity index (χ0v) is 23.0. The van der Waals surface area contributed by atoms with Crippen LogP contribution in [0.15, 0.2) is 80.1 Å². The van der Waals surface area contributed by atoms with E-state index in [2.05, 4.69) is 4.99 Å². The Morgan fingerprint density at radius 3 is 2.60 bits per heavy atom. The third-order valence-electron chi connectivity index (χ3n) is 6.46. The molecule has 0 amide bonds. The summed E-state index contributed by atoms with van der Waals surface area (Å²) in [5, 5.41) is 11.6.